The van der Waals surface area contributed by atoms with Gasteiger partial charge in [-0.2, -0.15) is 0 Å². The van der Waals surface area contributed by atoms with Crippen molar-refractivity contribution in [2.45, 2.75) is 31.8 Å². The number of hydrogen-bond acceptors (Lipinski definition) is 5. The van der Waals surface area contributed by atoms with Gasteiger partial charge in [-0.05, 0) is 24.1 Å². The van der Waals surface area contributed by atoms with E-state index >= 15 is 0 Å². The highest BCUT2D eigenvalue weighted by atomic mass is 16.2. The van der Waals surface area contributed by atoms with Gasteiger partial charge in [0.25, 0.3) is 5.91 Å². The van der Waals surface area contributed by atoms with E-state index in [-0.39, 0.29) is 11.8 Å². The molecule has 3 aromatic rings. The topological polar surface area (TPSA) is 67.2 Å². The second-order valence-electron chi connectivity index (χ2n) is 8.12. The molecule has 1 saturated heterocycles. The van der Waals surface area contributed by atoms with Crippen molar-refractivity contribution < 1.29 is 4.79 Å². The van der Waals surface area contributed by atoms with Crippen molar-refractivity contribution in [3.8, 4) is 0 Å². The molecule has 30 heavy (non-hydrogen) atoms. The van der Waals surface area contributed by atoms with Crippen molar-refractivity contribution in [1.29, 1.82) is 0 Å². The van der Waals surface area contributed by atoms with Crippen LogP contribution in [0.25, 0.3) is 0 Å². The Morgan fingerprint density at radius 1 is 1.00 bits per heavy atom. The van der Waals surface area contributed by atoms with E-state index in [9.17, 15) is 4.79 Å². The summed E-state index contributed by atoms with van der Waals surface area (Å²) in [5, 5.41) is 9.04. The third-order valence-electron chi connectivity index (χ3n) is 6.15. The van der Waals surface area contributed by atoms with Gasteiger partial charge in [0.15, 0.2) is 0 Å². The number of carbonyl (C=O) groups excluding carboxylic acids is 1. The monoisotopic (exact) mass is 402 g/mol. The first kappa shape index (κ1) is 18.9. The Balaban J connectivity index is 1.25. The summed E-state index contributed by atoms with van der Waals surface area (Å²) in [5.74, 6) is 2.40. The molecule has 2 aliphatic rings. The Bertz CT molecular complexity index is 1000. The van der Waals surface area contributed by atoms with Crippen LogP contribution in [-0.4, -0.2) is 61.6 Å². The molecule has 2 aromatic heterocycles. The average molecular weight is 403 g/mol. The minimum atomic E-state index is 0.0511. The summed E-state index contributed by atoms with van der Waals surface area (Å²) in [6.07, 6.45) is 5.17. The first-order valence-corrected chi connectivity index (χ1v) is 10.7. The maximum Gasteiger partial charge on any atom is 0.255 e. The van der Waals surface area contributed by atoms with E-state index in [2.05, 4.69) is 55.0 Å². The average Bonchev–Trinajstić information content (AvgIpc) is 3.39. The van der Waals surface area contributed by atoms with Crippen LogP contribution in [0.4, 0.5) is 0 Å². The van der Waals surface area contributed by atoms with E-state index in [1.807, 2.05) is 11.0 Å². The maximum atomic E-state index is 12.8. The van der Waals surface area contributed by atoms with Crippen molar-refractivity contribution in [3.05, 3.63) is 77.6 Å². The summed E-state index contributed by atoms with van der Waals surface area (Å²) in [7, 11) is 0. The second kappa shape index (κ2) is 8.36. The number of benzene rings is 1. The van der Waals surface area contributed by atoms with Crippen molar-refractivity contribution in [2.24, 2.45) is 0 Å². The lowest BCUT2D eigenvalue weighted by Crippen LogP contribution is -2.29. The lowest BCUT2D eigenvalue weighted by atomic mass is 10.1. The fourth-order valence-electron chi connectivity index (χ4n) is 4.52. The number of rotatable bonds is 4. The smallest absolute Gasteiger partial charge is 0.255 e. The Hall–Kier alpha value is -3.06. The highest BCUT2D eigenvalue weighted by molar-refractivity contribution is 5.94. The molecule has 0 saturated carbocycles. The minimum Gasteiger partial charge on any atom is -0.338 e. The second-order valence-corrected chi connectivity index (χ2v) is 8.12. The molecule has 7 nitrogen and oxygen atoms in total. The molecule has 1 fully saturated rings. The van der Waals surface area contributed by atoms with Gasteiger partial charge >= 0.3 is 0 Å². The first-order valence-electron chi connectivity index (χ1n) is 10.7. The van der Waals surface area contributed by atoms with E-state index in [1.54, 1.807) is 18.5 Å². The lowest BCUT2D eigenvalue weighted by Gasteiger charge is -2.20. The number of likely N-dealkylation sites (tertiary alicyclic amines) is 1. The Morgan fingerprint density at radius 3 is 2.73 bits per heavy atom. The zero-order chi connectivity index (χ0) is 20.3. The van der Waals surface area contributed by atoms with Gasteiger partial charge in [0.2, 0.25) is 0 Å². The van der Waals surface area contributed by atoms with Crippen molar-refractivity contribution >= 4 is 5.91 Å². The maximum absolute atomic E-state index is 12.8. The summed E-state index contributed by atoms with van der Waals surface area (Å²) >= 11 is 0. The molecule has 4 heterocycles. The standard InChI is InChI=1S/C23H26N6O/c30-23(19-7-4-10-24-15-19)28-12-8-20(17-28)22-26-25-21-9-11-27(13-14-29(21)22)16-18-5-2-1-3-6-18/h1-7,10,15,20H,8-9,11-14,16-17H2. The molecule has 0 radical (unpaired) electrons. The zero-order valence-electron chi connectivity index (χ0n) is 17.0. The molecule has 0 bridgehead atoms. The normalized spacial score (nSPS) is 19.5. The molecule has 5 rings (SSSR count). The SMILES string of the molecule is O=C(c1cccnc1)N1CCC(c2nnc3n2CCN(Cc2ccccc2)CC3)C1. The van der Waals surface area contributed by atoms with E-state index in [0.29, 0.717) is 12.1 Å². The quantitative estimate of drug-likeness (QED) is 0.670. The molecule has 1 aromatic carbocycles. The van der Waals surface area contributed by atoms with Crippen molar-refractivity contribution in [3.63, 3.8) is 0 Å². The predicted molar refractivity (Wildman–Crippen MR) is 113 cm³/mol. The van der Waals surface area contributed by atoms with Crippen LogP contribution in [0.1, 0.15) is 39.9 Å². The lowest BCUT2D eigenvalue weighted by molar-refractivity contribution is 0.0790. The molecule has 1 amide bonds. The number of carbonyl (C=O) groups is 1. The van der Waals surface area contributed by atoms with Gasteiger partial charge in [-0.25, -0.2) is 0 Å². The van der Waals surface area contributed by atoms with Crippen molar-refractivity contribution in [1.82, 2.24) is 29.5 Å². The Morgan fingerprint density at radius 2 is 1.90 bits per heavy atom. The summed E-state index contributed by atoms with van der Waals surface area (Å²) in [6.45, 7) is 5.28. The van der Waals surface area contributed by atoms with Crippen LogP contribution in [0, 0.1) is 0 Å². The molecule has 7 heteroatoms. The Kier molecular flexibility index (Phi) is 5.27. The number of amides is 1. The number of aromatic nitrogens is 4. The van der Waals surface area contributed by atoms with Gasteiger partial charge in [-0.3, -0.25) is 14.7 Å². The van der Waals surface area contributed by atoms with E-state index < -0.39 is 0 Å². The fraction of sp³-hybridized carbons (Fsp3) is 0.391. The van der Waals surface area contributed by atoms with Gasteiger partial charge in [-0.1, -0.05) is 30.3 Å². The largest absolute Gasteiger partial charge is 0.338 e. The van der Waals surface area contributed by atoms with Gasteiger partial charge in [-0.15, -0.1) is 10.2 Å². The molecule has 0 N–H and O–H groups in total. The predicted octanol–water partition coefficient (Wildman–Crippen LogP) is 2.36. The summed E-state index contributed by atoms with van der Waals surface area (Å²) in [4.78, 5) is 21.2. The van der Waals surface area contributed by atoms with Crippen LogP contribution < -0.4 is 0 Å². The number of fused-ring (bicyclic) bond motifs is 1. The van der Waals surface area contributed by atoms with Gasteiger partial charge in [0.05, 0.1) is 5.56 Å². The van der Waals surface area contributed by atoms with Crippen LogP contribution in [0.15, 0.2) is 54.9 Å². The summed E-state index contributed by atoms with van der Waals surface area (Å²) in [6, 6.07) is 14.3. The van der Waals surface area contributed by atoms with E-state index in [0.717, 1.165) is 57.2 Å². The highest BCUT2D eigenvalue weighted by Crippen LogP contribution is 2.28. The molecule has 0 aliphatic carbocycles. The van der Waals surface area contributed by atoms with E-state index in [4.69, 9.17) is 0 Å². The van der Waals surface area contributed by atoms with Crippen LogP contribution in [0.5, 0.6) is 0 Å². The van der Waals surface area contributed by atoms with Crippen molar-refractivity contribution in [2.75, 3.05) is 26.2 Å². The molecular weight excluding hydrogens is 376 g/mol. The number of pyridine rings is 1. The van der Waals surface area contributed by atoms with E-state index in [1.165, 1.54) is 5.56 Å². The van der Waals surface area contributed by atoms with Gasteiger partial charge in [0, 0.05) is 64.0 Å². The van der Waals surface area contributed by atoms with Crippen LogP contribution >= 0.6 is 0 Å². The fourth-order valence-corrected chi connectivity index (χ4v) is 4.52. The number of hydrogen-bond donors (Lipinski definition) is 0. The molecular formula is C23H26N6O. The molecule has 1 unspecified atom stereocenters. The van der Waals surface area contributed by atoms with Gasteiger partial charge < -0.3 is 9.47 Å². The van der Waals surface area contributed by atoms with Crippen LogP contribution in [0.3, 0.4) is 0 Å². The molecule has 154 valence electrons. The third-order valence-corrected chi connectivity index (χ3v) is 6.15. The zero-order valence-corrected chi connectivity index (χ0v) is 17.0. The Labute approximate surface area is 176 Å². The summed E-state index contributed by atoms with van der Waals surface area (Å²) in [5.41, 5.74) is 1.99. The molecule has 1 atom stereocenters. The minimum absolute atomic E-state index is 0.0511. The first-order chi connectivity index (χ1) is 14.8. The van der Waals surface area contributed by atoms with Crippen LogP contribution in [0.2, 0.25) is 0 Å². The highest BCUT2D eigenvalue weighted by Gasteiger charge is 2.32. The third kappa shape index (κ3) is 3.85. The molecule has 2 aliphatic heterocycles. The van der Waals surface area contributed by atoms with Crippen LogP contribution in [-0.2, 0) is 19.5 Å². The number of nitrogens with zero attached hydrogens (tertiary/aromatic N) is 6. The molecule has 0 spiro atoms. The summed E-state index contributed by atoms with van der Waals surface area (Å²) < 4.78 is 2.30. The van der Waals surface area contributed by atoms with Gasteiger partial charge in [0.1, 0.15) is 11.6 Å².